The molecule has 7 heteroatoms. The van der Waals surface area contributed by atoms with E-state index in [0.717, 1.165) is 55.7 Å². The summed E-state index contributed by atoms with van der Waals surface area (Å²) in [7, 11) is 0. The normalized spacial score (nSPS) is 18.7. The highest BCUT2D eigenvalue weighted by atomic mass is 32.1. The van der Waals surface area contributed by atoms with Gasteiger partial charge in [-0.3, -0.25) is 14.8 Å². The number of fused-ring (bicyclic) bond motifs is 1. The SMILES string of the molecule is Cc1sc2nc(CN3CCCCC3)nc(N3CCN(Cc4cccnc4)CC3)c2c1C. The van der Waals surface area contributed by atoms with Crippen molar-refractivity contribution in [2.45, 2.75) is 46.2 Å². The van der Waals surface area contributed by atoms with Gasteiger partial charge in [0.25, 0.3) is 0 Å². The van der Waals surface area contributed by atoms with Crippen LogP contribution in [0.3, 0.4) is 0 Å². The third-order valence-electron chi connectivity index (χ3n) is 6.67. The summed E-state index contributed by atoms with van der Waals surface area (Å²) in [4.78, 5) is 24.5. The number of pyridine rings is 1. The average Bonchev–Trinajstić information content (AvgIpc) is 3.08. The lowest BCUT2D eigenvalue weighted by molar-refractivity contribution is 0.216. The van der Waals surface area contributed by atoms with Crippen LogP contribution in [0.1, 0.15) is 41.1 Å². The molecule has 0 aromatic carbocycles. The summed E-state index contributed by atoms with van der Waals surface area (Å²) >= 11 is 1.82. The molecule has 2 aliphatic heterocycles. The van der Waals surface area contributed by atoms with Gasteiger partial charge in [-0.25, -0.2) is 9.97 Å². The first-order chi connectivity index (χ1) is 15.2. The second kappa shape index (κ2) is 9.18. The average molecular weight is 437 g/mol. The topological polar surface area (TPSA) is 48.4 Å². The van der Waals surface area contributed by atoms with Crippen molar-refractivity contribution in [2.24, 2.45) is 0 Å². The smallest absolute Gasteiger partial charge is 0.146 e. The molecule has 0 bridgehead atoms. The van der Waals surface area contributed by atoms with E-state index in [1.54, 1.807) is 0 Å². The van der Waals surface area contributed by atoms with Crippen LogP contribution >= 0.6 is 11.3 Å². The number of anilines is 1. The maximum Gasteiger partial charge on any atom is 0.146 e. The number of piperazine rings is 1. The van der Waals surface area contributed by atoms with E-state index >= 15 is 0 Å². The molecule has 3 aromatic heterocycles. The molecule has 0 N–H and O–H groups in total. The van der Waals surface area contributed by atoms with E-state index in [1.165, 1.54) is 53.7 Å². The fraction of sp³-hybridized carbons (Fsp3) is 0.542. The third-order valence-corrected chi connectivity index (χ3v) is 7.77. The summed E-state index contributed by atoms with van der Waals surface area (Å²) < 4.78 is 0. The number of aromatic nitrogens is 3. The Labute approximate surface area is 188 Å². The summed E-state index contributed by atoms with van der Waals surface area (Å²) in [5.74, 6) is 2.14. The second-order valence-corrected chi connectivity index (χ2v) is 10.1. The Morgan fingerprint density at radius 2 is 1.68 bits per heavy atom. The quantitative estimate of drug-likeness (QED) is 0.602. The minimum absolute atomic E-state index is 0.875. The van der Waals surface area contributed by atoms with Gasteiger partial charge < -0.3 is 4.90 Å². The van der Waals surface area contributed by atoms with E-state index in [0.29, 0.717) is 0 Å². The van der Waals surface area contributed by atoms with Gasteiger partial charge in [0, 0.05) is 50.0 Å². The summed E-state index contributed by atoms with van der Waals surface area (Å²) in [6, 6.07) is 4.19. The summed E-state index contributed by atoms with van der Waals surface area (Å²) in [5.41, 5.74) is 2.63. The van der Waals surface area contributed by atoms with E-state index < -0.39 is 0 Å². The van der Waals surface area contributed by atoms with E-state index in [9.17, 15) is 0 Å². The van der Waals surface area contributed by atoms with Crippen molar-refractivity contribution < 1.29 is 0 Å². The van der Waals surface area contributed by atoms with Crippen molar-refractivity contribution in [3.8, 4) is 0 Å². The molecular formula is C24H32N6S. The molecule has 164 valence electrons. The van der Waals surface area contributed by atoms with Crippen molar-refractivity contribution in [2.75, 3.05) is 44.2 Å². The maximum atomic E-state index is 5.15. The number of rotatable bonds is 5. The van der Waals surface area contributed by atoms with Crippen molar-refractivity contribution in [1.29, 1.82) is 0 Å². The summed E-state index contributed by atoms with van der Waals surface area (Å²) in [5, 5.41) is 1.27. The Morgan fingerprint density at radius 1 is 0.903 bits per heavy atom. The van der Waals surface area contributed by atoms with E-state index in [-0.39, 0.29) is 0 Å². The first kappa shape index (κ1) is 20.8. The zero-order valence-electron chi connectivity index (χ0n) is 18.7. The molecule has 2 aliphatic rings. The largest absolute Gasteiger partial charge is 0.353 e. The molecule has 2 fully saturated rings. The summed E-state index contributed by atoms with van der Waals surface area (Å²) in [6.07, 6.45) is 7.77. The van der Waals surface area contributed by atoms with Gasteiger partial charge in [0.2, 0.25) is 0 Å². The molecule has 0 unspecified atom stereocenters. The van der Waals surface area contributed by atoms with Gasteiger partial charge >= 0.3 is 0 Å². The highest BCUT2D eigenvalue weighted by molar-refractivity contribution is 7.18. The molecule has 3 aromatic rings. The number of nitrogens with zero attached hydrogens (tertiary/aromatic N) is 6. The van der Waals surface area contributed by atoms with Crippen LogP contribution in [-0.4, -0.2) is 64.0 Å². The Balaban J connectivity index is 1.36. The lowest BCUT2D eigenvalue weighted by atomic mass is 10.1. The second-order valence-electron chi connectivity index (χ2n) is 8.89. The van der Waals surface area contributed by atoms with Crippen molar-refractivity contribution >= 4 is 27.4 Å². The van der Waals surface area contributed by atoms with Gasteiger partial charge in [-0.15, -0.1) is 11.3 Å². The van der Waals surface area contributed by atoms with E-state index in [1.807, 2.05) is 29.8 Å². The number of piperidine rings is 1. The minimum atomic E-state index is 0.875. The van der Waals surface area contributed by atoms with Crippen LogP contribution in [0.2, 0.25) is 0 Å². The fourth-order valence-electron chi connectivity index (χ4n) is 4.76. The molecule has 0 radical (unpaired) electrons. The van der Waals surface area contributed by atoms with Gasteiger partial charge in [-0.05, 0) is 57.0 Å². The van der Waals surface area contributed by atoms with Crippen molar-refractivity contribution in [3.63, 3.8) is 0 Å². The van der Waals surface area contributed by atoms with Crippen LogP contribution < -0.4 is 4.90 Å². The number of likely N-dealkylation sites (tertiary alicyclic amines) is 1. The van der Waals surface area contributed by atoms with Crippen LogP contribution in [0.25, 0.3) is 10.2 Å². The van der Waals surface area contributed by atoms with Gasteiger partial charge in [0.1, 0.15) is 16.5 Å². The van der Waals surface area contributed by atoms with Gasteiger partial charge in [0.15, 0.2) is 0 Å². The molecule has 0 amide bonds. The molecule has 6 nitrogen and oxygen atoms in total. The number of aryl methyl sites for hydroxylation is 2. The highest BCUT2D eigenvalue weighted by Gasteiger charge is 2.24. The zero-order valence-corrected chi connectivity index (χ0v) is 19.5. The molecule has 0 spiro atoms. The van der Waals surface area contributed by atoms with Gasteiger partial charge in [-0.1, -0.05) is 12.5 Å². The Morgan fingerprint density at radius 3 is 2.42 bits per heavy atom. The van der Waals surface area contributed by atoms with E-state index in [2.05, 4.69) is 39.6 Å². The van der Waals surface area contributed by atoms with Crippen LogP contribution in [0.15, 0.2) is 24.5 Å². The lowest BCUT2D eigenvalue weighted by Crippen LogP contribution is -2.46. The van der Waals surface area contributed by atoms with Crippen LogP contribution in [0.5, 0.6) is 0 Å². The summed E-state index contributed by atoms with van der Waals surface area (Å²) in [6.45, 7) is 12.7. The number of hydrogen-bond donors (Lipinski definition) is 0. The van der Waals surface area contributed by atoms with Gasteiger partial charge in [0.05, 0.1) is 11.9 Å². The van der Waals surface area contributed by atoms with Gasteiger partial charge in [-0.2, -0.15) is 0 Å². The van der Waals surface area contributed by atoms with Crippen molar-refractivity contribution in [1.82, 2.24) is 24.8 Å². The Kier molecular flexibility index (Phi) is 6.16. The first-order valence-corrected chi connectivity index (χ1v) is 12.3. The van der Waals surface area contributed by atoms with Crippen LogP contribution in [0, 0.1) is 13.8 Å². The molecular weight excluding hydrogens is 404 g/mol. The maximum absolute atomic E-state index is 5.15. The highest BCUT2D eigenvalue weighted by Crippen LogP contribution is 2.35. The molecule has 31 heavy (non-hydrogen) atoms. The molecule has 0 atom stereocenters. The van der Waals surface area contributed by atoms with Crippen LogP contribution in [0.4, 0.5) is 5.82 Å². The predicted octanol–water partition coefficient (Wildman–Crippen LogP) is 4.01. The lowest BCUT2D eigenvalue weighted by Gasteiger charge is -2.36. The van der Waals surface area contributed by atoms with E-state index in [4.69, 9.17) is 9.97 Å². The molecule has 5 heterocycles. The standard InChI is InChI=1S/C24H32N6S/c1-18-19(2)31-24-22(18)23(26-21(27-24)17-28-9-4-3-5-10-28)30-13-11-29(12-14-30)16-20-7-6-8-25-15-20/h6-8,15H,3-5,9-14,16-17H2,1-2H3. The molecule has 5 rings (SSSR count). The fourth-order valence-corrected chi connectivity index (χ4v) is 5.80. The Bertz CT molecular complexity index is 1020. The zero-order chi connectivity index (χ0) is 21.2. The number of thiophene rings is 1. The third kappa shape index (κ3) is 4.59. The Hall–Kier alpha value is -2.09. The minimum Gasteiger partial charge on any atom is -0.353 e. The first-order valence-electron chi connectivity index (χ1n) is 11.5. The van der Waals surface area contributed by atoms with Crippen molar-refractivity contribution in [3.05, 3.63) is 46.4 Å². The molecule has 2 saturated heterocycles. The monoisotopic (exact) mass is 436 g/mol. The molecule has 0 saturated carbocycles. The van der Waals surface area contributed by atoms with Crippen LogP contribution in [-0.2, 0) is 13.1 Å². The number of hydrogen-bond acceptors (Lipinski definition) is 7. The molecule has 0 aliphatic carbocycles. The predicted molar refractivity (Wildman–Crippen MR) is 128 cm³/mol.